The molecule has 0 radical (unpaired) electrons. The third-order valence-corrected chi connectivity index (χ3v) is 11.0. The summed E-state index contributed by atoms with van der Waals surface area (Å²) in [5.41, 5.74) is 14.8. The minimum absolute atomic E-state index is 0.128. The van der Waals surface area contributed by atoms with E-state index in [0.29, 0.717) is 5.82 Å². The summed E-state index contributed by atoms with van der Waals surface area (Å²) in [5, 5.41) is 4.97. The Morgan fingerprint density at radius 3 is 1.92 bits per heavy atom. The molecule has 7 aromatic carbocycles. The third-order valence-electron chi connectivity index (χ3n) is 11.0. The van der Waals surface area contributed by atoms with Gasteiger partial charge in [0.25, 0.3) is 0 Å². The fraction of sp³-hybridized carbons (Fsp3) is 0.0600. The van der Waals surface area contributed by atoms with Gasteiger partial charge in [-0.05, 0) is 78.7 Å². The van der Waals surface area contributed by atoms with Crippen LogP contribution in [-0.4, -0.2) is 15.0 Å². The van der Waals surface area contributed by atoms with Crippen molar-refractivity contribution < 1.29 is 0 Å². The molecule has 250 valence electrons. The van der Waals surface area contributed by atoms with Crippen molar-refractivity contribution in [3.05, 3.63) is 187 Å². The molecule has 2 heterocycles. The zero-order valence-electron chi connectivity index (χ0n) is 29.6. The fourth-order valence-electron chi connectivity index (χ4n) is 8.47. The molecule has 3 nitrogen and oxygen atoms in total. The van der Waals surface area contributed by atoms with Gasteiger partial charge in [0.05, 0.1) is 11.4 Å². The third kappa shape index (κ3) is 5.08. The van der Waals surface area contributed by atoms with E-state index in [4.69, 9.17) is 9.97 Å². The number of fused-ring (bicyclic) bond motifs is 6. The van der Waals surface area contributed by atoms with Crippen LogP contribution in [0.1, 0.15) is 25.0 Å². The normalized spacial score (nSPS) is 12.9. The highest BCUT2D eigenvalue weighted by Gasteiger charge is 2.38. The molecule has 0 saturated heterocycles. The zero-order valence-corrected chi connectivity index (χ0v) is 29.6. The molecule has 0 fully saturated rings. The molecule has 1 aliphatic carbocycles. The molecular formula is C50H35N3. The Labute approximate surface area is 309 Å². The van der Waals surface area contributed by atoms with Gasteiger partial charge in [-0.1, -0.05) is 159 Å². The minimum atomic E-state index is -0.128. The highest BCUT2D eigenvalue weighted by atomic mass is 14.9. The van der Waals surface area contributed by atoms with E-state index >= 15 is 0 Å². The Morgan fingerprint density at radius 1 is 0.434 bits per heavy atom. The second-order valence-electron chi connectivity index (χ2n) is 14.4. The summed E-state index contributed by atoms with van der Waals surface area (Å²) >= 11 is 0. The number of nitrogens with zero attached hydrogens (tertiary/aromatic N) is 3. The first kappa shape index (κ1) is 31.1. The van der Waals surface area contributed by atoms with Crippen LogP contribution >= 0.6 is 0 Å². The molecule has 0 atom stereocenters. The van der Waals surface area contributed by atoms with E-state index in [1.807, 2.05) is 30.5 Å². The summed E-state index contributed by atoms with van der Waals surface area (Å²) in [7, 11) is 0. The maximum atomic E-state index is 5.25. The second-order valence-corrected chi connectivity index (χ2v) is 14.4. The van der Waals surface area contributed by atoms with Gasteiger partial charge in [-0.25, -0.2) is 9.97 Å². The van der Waals surface area contributed by atoms with Crippen LogP contribution in [0.5, 0.6) is 0 Å². The van der Waals surface area contributed by atoms with Gasteiger partial charge in [0.15, 0.2) is 5.82 Å². The Balaban J connectivity index is 1.17. The molecule has 2 aromatic heterocycles. The van der Waals surface area contributed by atoms with Crippen molar-refractivity contribution in [2.24, 2.45) is 0 Å². The van der Waals surface area contributed by atoms with Gasteiger partial charge in [-0.2, -0.15) is 0 Å². The fourth-order valence-corrected chi connectivity index (χ4v) is 8.47. The first-order chi connectivity index (χ1) is 26.0. The number of aromatic nitrogens is 3. The Kier molecular flexibility index (Phi) is 7.16. The van der Waals surface area contributed by atoms with E-state index in [-0.39, 0.29) is 5.41 Å². The van der Waals surface area contributed by atoms with Crippen LogP contribution in [0.3, 0.4) is 0 Å². The number of hydrogen-bond acceptors (Lipinski definition) is 3. The molecule has 1 aliphatic rings. The van der Waals surface area contributed by atoms with Crippen LogP contribution in [-0.2, 0) is 5.41 Å². The maximum absolute atomic E-state index is 5.25. The van der Waals surface area contributed by atoms with Gasteiger partial charge >= 0.3 is 0 Å². The van der Waals surface area contributed by atoms with E-state index in [1.165, 1.54) is 49.5 Å². The topological polar surface area (TPSA) is 38.7 Å². The minimum Gasteiger partial charge on any atom is -0.264 e. The molecule has 0 saturated carbocycles. The lowest BCUT2D eigenvalue weighted by Gasteiger charge is -2.23. The average Bonchev–Trinajstić information content (AvgIpc) is 3.47. The summed E-state index contributed by atoms with van der Waals surface area (Å²) in [6.45, 7) is 4.75. The van der Waals surface area contributed by atoms with Crippen LogP contribution in [0.2, 0.25) is 0 Å². The summed E-state index contributed by atoms with van der Waals surface area (Å²) in [5.74, 6) is 0.699. The molecule has 10 rings (SSSR count). The molecule has 0 aliphatic heterocycles. The van der Waals surface area contributed by atoms with Crippen molar-refractivity contribution in [1.29, 1.82) is 0 Å². The lowest BCUT2D eigenvalue weighted by molar-refractivity contribution is 0.666. The first-order valence-corrected chi connectivity index (χ1v) is 18.2. The van der Waals surface area contributed by atoms with Crippen molar-refractivity contribution in [3.8, 4) is 67.3 Å². The van der Waals surface area contributed by atoms with Crippen LogP contribution in [0.4, 0.5) is 0 Å². The van der Waals surface area contributed by atoms with Crippen LogP contribution in [0, 0.1) is 0 Å². The lowest BCUT2D eigenvalue weighted by atomic mass is 9.80. The van der Waals surface area contributed by atoms with Crippen molar-refractivity contribution in [2.45, 2.75) is 19.3 Å². The molecule has 0 amide bonds. The standard InChI is InChI=1S/C50H35N3/c1-50(2)44-23-11-22-42(47(44)43-25-24-32-13-6-7-19-37(32)48(43)50)40-26-27-41(39-21-9-8-20-38(39)40)46-30-45(52-49(53-46)33-14-4-3-5-15-33)35-17-10-16-34(29-35)36-18-12-28-51-31-36/h3-31H,1-2H3. The number of rotatable bonds is 5. The van der Waals surface area contributed by atoms with Gasteiger partial charge < -0.3 is 0 Å². The molecule has 0 N–H and O–H groups in total. The lowest BCUT2D eigenvalue weighted by Crippen LogP contribution is -2.15. The maximum Gasteiger partial charge on any atom is 0.160 e. The summed E-state index contributed by atoms with van der Waals surface area (Å²) in [4.78, 5) is 14.7. The van der Waals surface area contributed by atoms with Gasteiger partial charge in [0.2, 0.25) is 0 Å². The predicted octanol–water partition coefficient (Wildman–Crippen LogP) is 12.8. The molecule has 0 unspecified atom stereocenters. The summed E-state index contributed by atoms with van der Waals surface area (Å²) < 4.78 is 0. The molecular weight excluding hydrogens is 643 g/mol. The number of benzene rings is 7. The Hall–Kier alpha value is -6.71. The Bertz CT molecular complexity index is 2860. The van der Waals surface area contributed by atoms with E-state index in [9.17, 15) is 0 Å². The van der Waals surface area contributed by atoms with Gasteiger partial charge in [-0.15, -0.1) is 0 Å². The average molecular weight is 678 g/mol. The zero-order chi connectivity index (χ0) is 35.5. The first-order valence-electron chi connectivity index (χ1n) is 18.2. The second kappa shape index (κ2) is 12.2. The monoisotopic (exact) mass is 677 g/mol. The van der Waals surface area contributed by atoms with Crippen molar-refractivity contribution in [1.82, 2.24) is 15.0 Å². The molecule has 9 aromatic rings. The van der Waals surface area contributed by atoms with Gasteiger partial charge in [0, 0.05) is 40.1 Å². The SMILES string of the molecule is CC1(C)c2cccc(-c3ccc(-c4cc(-c5cccc(-c6cccnc6)c5)nc(-c5ccccc5)n4)c4ccccc34)c2-c2ccc3ccccc3c21. The smallest absolute Gasteiger partial charge is 0.160 e. The molecule has 3 heteroatoms. The molecule has 0 spiro atoms. The van der Waals surface area contributed by atoms with Crippen LogP contribution < -0.4 is 0 Å². The number of hydrogen-bond donors (Lipinski definition) is 0. The van der Waals surface area contributed by atoms with Gasteiger partial charge in [-0.3, -0.25) is 4.98 Å². The van der Waals surface area contributed by atoms with Crippen LogP contribution in [0.15, 0.2) is 176 Å². The Morgan fingerprint density at radius 2 is 1.09 bits per heavy atom. The van der Waals surface area contributed by atoms with E-state index in [0.717, 1.165) is 44.6 Å². The van der Waals surface area contributed by atoms with Crippen LogP contribution in [0.25, 0.3) is 88.8 Å². The van der Waals surface area contributed by atoms with E-state index in [1.54, 1.807) is 6.20 Å². The highest BCUT2D eigenvalue weighted by Crippen LogP contribution is 2.55. The highest BCUT2D eigenvalue weighted by molar-refractivity contribution is 6.09. The van der Waals surface area contributed by atoms with Crippen molar-refractivity contribution in [3.63, 3.8) is 0 Å². The summed E-state index contributed by atoms with van der Waals surface area (Å²) in [6, 6.07) is 58.6. The van der Waals surface area contributed by atoms with E-state index in [2.05, 4.69) is 158 Å². The van der Waals surface area contributed by atoms with Gasteiger partial charge in [0.1, 0.15) is 0 Å². The quantitative estimate of drug-likeness (QED) is 0.182. The number of pyridine rings is 1. The van der Waals surface area contributed by atoms with E-state index < -0.39 is 0 Å². The van der Waals surface area contributed by atoms with Crippen molar-refractivity contribution >= 4 is 21.5 Å². The molecule has 53 heavy (non-hydrogen) atoms. The van der Waals surface area contributed by atoms with Crippen molar-refractivity contribution in [2.75, 3.05) is 0 Å². The largest absolute Gasteiger partial charge is 0.264 e. The summed E-state index contributed by atoms with van der Waals surface area (Å²) in [6.07, 6.45) is 3.70. The molecule has 0 bridgehead atoms. The predicted molar refractivity (Wildman–Crippen MR) is 220 cm³/mol.